The third kappa shape index (κ3) is 3.47. The van der Waals surface area contributed by atoms with Crippen molar-refractivity contribution in [3.8, 4) is 0 Å². The molecule has 24 heavy (non-hydrogen) atoms. The highest BCUT2D eigenvalue weighted by Crippen LogP contribution is 2.22. The van der Waals surface area contributed by atoms with Crippen molar-refractivity contribution >= 4 is 15.7 Å². The molecular weight excluding hydrogens is 320 g/mol. The van der Waals surface area contributed by atoms with E-state index < -0.39 is 10.0 Å². The molecule has 0 N–H and O–H groups in total. The normalized spacial score (nSPS) is 16.3. The quantitative estimate of drug-likeness (QED) is 0.856. The topological polar surface area (TPSA) is 40.6 Å². The van der Waals surface area contributed by atoms with E-state index in [4.69, 9.17) is 0 Å². The molecule has 0 bridgehead atoms. The zero-order valence-electron chi connectivity index (χ0n) is 14.3. The van der Waals surface area contributed by atoms with Crippen LogP contribution < -0.4 is 4.90 Å². The lowest BCUT2D eigenvalue weighted by Gasteiger charge is -2.35. The van der Waals surface area contributed by atoms with Crippen LogP contribution in [0.3, 0.4) is 0 Å². The summed E-state index contributed by atoms with van der Waals surface area (Å²) in [6, 6.07) is 15.7. The van der Waals surface area contributed by atoms with E-state index in [2.05, 4.69) is 36.1 Å². The van der Waals surface area contributed by atoms with Crippen LogP contribution >= 0.6 is 0 Å². The molecule has 1 aliphatic rings. The second kappa shape index (κ2) is 6.95. The lowest BCUT2D eigenvalue weighted by Crippen LogP contribution is -2.48. The highest BCUT2D eigenvalue weighted by Gasteiger charge is 2.28. The van der Waals surface area contributed by atoms with Crippen LogP contribution in [0.4, 0.5) is 5.69 Å². The molecule has 0 atom stereocenters. The van der Waals surface area contributed by atoms with Crippen molar-refractivity contribution in [2.45, 2.75) is 25.2 Å². The van der Waals surface area contributed by atoms with Gasteiger partial charge in [-0.1, -0.05) is 31.2 Å². The number of benzene rings is 2. The smallest absolute Gasteiger partial charge is 0.243 e. The molecule has 0 spiro atoms. The molecule has 0 aromatic heterocycles. The number of anilines is 1. The predicted molar refractivity (Wildman–Crippen MR) is 98.0 cm³/mol. The molecule has 0 radical (unpaired) electrons. The second-order valence-corrected chi connectivity index (χ2v) is 8.17. The minimum absolute atomic E-state index is 0.392. The van der Waals surface area contributed by atoms with Gasteiger partial charge in [0.25, 0.3) is 0 Å². The Morgan fingerprint density at radius 2 is 1.62 bits per heavy atom. The monoisotopic (exact) mass is 344 g/mol. The summed E-state index contributed by atoms with van der Waals surface area (Å²) in [5.41, 5.74) is 3.45. The average Bonchev–Trinajstić information content (AvgIpc) is 2.62. The van der Waals surface area contributed by atoms with Gasteiger partial charge in [0.2, 0.25) is 10.0 Å². The molecular formula is C19H24N2O2S. The van der Waals surface area contributed by atoms with E-state index in [-0.39, 0.29) is 0 Å². The van der Waals surface area contributed by atoms with Crippen LogP contribution in [0.25, 0.3) is 0 Å². The van der Waals surface area contributed by atoms with Crippen molar-refractivity contribution in [3.63, 3.8) is 0 Å². The van der Waals surface area contributed by atoms with Gasteiger partial charge in [0.1, 0.15) is 0 Å². The summed E-state index contributed by atoms with van der Waals surface area (Å²) in [6.07, 6.45) is 1.03. The molecule has 1 aliphatic heterocycles. The number of nitrogens with zero attached hydrogens (tertiary/aromatic N) is 2. The van der Waals surface area contributed by atoms with Gasteiger partial charge in [0.05, 0.1) is 4.90 Å². The van der Waals surface area contributed by atoms with Crippen LogP contribution in [-0.4, -0.2) is 38.9 Å². The first kappa shape index (κ1) is 17.0. The number of aryl methyl sites for hydroxylation is 2. The maximum absolute atomic E-state index is 12.8. The maximum atomic E-state index is 12.8. The number of hydrogen-bond donors (Lipinski definition) is 0. The predicted octanol–water partition coefficient (Wildman–Crippen LogP) is 3.07. The van der Waals surface area contributed by atoms with Crippen molar-refractivity contribution in [2.24, 2.45) is 0 Å². The standard InChI is InChI=1S/C19H24N2O2S/c1-3-17-7-9-18(10-8-17)20-11-13-21(14-12-20)24(22,23)19-6-4-5-16(2)15-19/h4-10,15H,3,11-14H2,1-2H3. The third-order valence-electron chi connectivity index (χ3n) is 4.58. The third-order valence-corrected chi connectivity index (χ3v) is 6.47. The molecule has 1 saturated heterocycles. The summed E-state index contributed by atoms with van der Waals surface area (Å²) < 4.78 is 27.1. The first-order valence-corrected chi connectivity index (χ1v) is 9.85. The molecule has 4 nitrogen and oxygen atoms in total. The summed E-state index contributed by atoms with van der Waals surface area (Å²) in [4.78, 5) is 2.64. The van der Waals surface area contributed by atoms with Gasteiger partial charge in [-0.15, -0.1) is 0 Å². The van der Waals surface area contributed by atoms with E-state index >= 15 is 0 Å². The molecule has 1 fully saturated rings. The van der Waals surface area contributed by atoms with E-state index in [1.165, 1.54) is 11.3 Å². The van der Waals surface area contributed by atoms with E-state index in [1.807, 2.05) is 13.0 Å². The van der Waals surface area contributed by atoms with E-state index in [9.17, 15) is 8.42 Å². The van der Waals surface area contributed by atoms with E-state index in [0.717, 1.165) is 25.1 Å². The zero-order chi connectivity index (χ0) is 17.2. The summed E-state index contributed by atoms with van der Waals surface area (Å²) in [5, 5.41) is 0. The maximum Gasteiger partial charge on any atom is 0.243 e. The Hall–Kier alpha value is -1.85. The second-order valence-electron chi connectivity index (χ2n) is 6.23. The Kier molecular flexibility index (Phi) is 4.92. The fourth-order valence-electron chi connectivity index (χ4n) is 3.05. The molecule has 0 unspecified atom stereocenters. The van der Waals surface area contributed by atoms with Gasteiger partial charge in [-0.05, 0) is 48.7 Å². The van der Waals surface area contributed by atoms with Gasteiger partial charge in [-0.2, -0.15) is 4.31 Å². The molecule has 2 aromatic carbocycles. The molecule has 2 aromatic rings. The minimum atomic E-state index is -3.39. The number of sulfonamides is 1. The van der Waals surface area contributed by atoms with Gasteiger partial charge < -0.3 is 4.90 Å². The van der Waals surface area contributed by atoms with Crippen LogP contribution in [0, 0.1) is 6.92 Å². The molecule has 0 saturated carbocycles. The van der Waals surface area contributed by atoms with E-state index in [0.29, 0.717) is 18.0 Å². The molecule has 128 valence electrons. The lowest BCUT2D eigenvalue weighted by atomic mass is 10.1. The fourth-order valence-corrected chi connectivity index (χ4v) is 4.58. The van der Waals surface area contributed by atoms with Gasteiger partial charge in [0, 0.05) is 31.9 Å². The first-order valence-electron chi connectivity index (χ1n) is 8.41. The number of hydrogen-bond acceptors (Lipinski definition) is 3. The summed E-state index contributed by atoms with van der Waals surface area (Å²) in [6.45, 7) is 6.53. The highest BCUT2D eigenvalue weighted by atomic mass is 32.2. The zero-order valence-corrected chi connectivity index (χ0v) is 15.1. The Bertz CT molecular complexity index is 792. The fraction of sp³-hybridized carbons (Fsp3) is 0.368. The van der Waals surface area contributed by atoms with Gasteiger partial charge >= 0.3 is 0 Å². The Balaban J connectivity index is 1.70. The molecule has 0 aliphatic carbocycles. The Morgan fingerprint density at radius 3 is 2.21 bits per heavy atom. The molecule has 1 heterocycles. The van der Waals surface area contributed by atoms with Crippen molar-refractivity contribution in [1.82, 2.24) is 4.31 Å². The van der Waals surface area contributed by atoms with Crippen LogP contribution in [-0.2, 0) is 16.4 Å². The largest absolute Gasteiger partial charge is 0.369 e. The SMILES string of the molecule is CCc1ccc(N2CCN(S(=O)(=O)c3cccc(C)c3)CC2)cc1. The Morgan fingerprint density at radius 1 is 0.958 bits per heavy atom. The van der Waals surface area contributed by atoms with Crippen molar-refractivity contribution < 1.29 is 8.42 Å². The minimum Gasteiger partial charge on any atom is -0.369 e. The summed E-state index contributed by atoms with van der Waals surface area (Å²) in [7, 11) is -3.39. The molecule has 5 heteroatoms. The van der Waals surface area contributed by atoms with Crippen LogP contribution in [0.2, 0.25) is 0 Å². The summed E-state index contributed by atoms with van der Waals surface area (Å²) >= 11 is 0. The van der Waals surface area contributed by atoms with Gasteiger partial charge in [-0.3, -0.25) is 0 Å². The highest BCUT2D eigenvalue weighted by molar-refractivity contribution is 7.89. The number of piperazine rings is 1. The summed E-state index contributed by atoms with van der Waals surface area (Å²) in [5.74, 6) is 0. The Labute approximate surface area is 144 Å². The molecule has 0 amide bonds. The van der Waals surface area contributed by atoms with Crippen LogP contribution in [0.5, 0.6) is 0 Å². The average molecular weight is 344 g/mol. The van der Waals surface area contributed by atoms with Crippen LogP contribution in [0.1, 0.15) is 18.1 Å². The number of rotatable bonds is 4. The van der Waals surface area contributed by atoms with E-state index in [1.54, 1.807) is 22.5 Å². The van der Waals surface area contributed by atoms with Crippen molar-refractivity contribution in [3.05, 3.63) is 59.7 Å². The van der Waals surface area contributed by atoms with Crippen molar-refractivity contribution in [1.29, 1.82) is 0 Å². The molecule has 3 rings (SSSR count). The van der Waals surface area contributed by atoms with Gasteiger partial charge in [0.15, 0.2) is 0 Å². The van der Waals surface area contributed by atoms with Gasteiger partial charge in [-0.25, -0.2) is 8.42 Å². The first-order chi connectivity index (χ1) is 11.5. The van der Waals surface area contributed by atoms with Crippen molar-refractivity contribution in [2.75, 3.05) is 31.1 Å². The lowest BCUT2D eigenvalue weighted by molar-refractivity contribution is 0.385. The van der Waals surface area contributed by atoms with Crippen LogP contribution in [0.15, 0.2) is 53.4 Å².